The summed E-state index contributed by atoms with van der Waals surface area (Å²) in [6, 6.07) is 16.1. The maximum Gasteiger partial charge on any atom is 0.329 e. The van der Waals surface area contributed by atoms with Crippen LogP contribution >= 0.6 is 0 Å². The first kappa shape index (κ1) is 19.5. The van der Waals surface area contributed by atoms with Crippen molar-refractivity contribution in [2.45, 2.75) is 26.5 Å². The van der Waals surface area contributed by atoms with E-state index in [4.69, 9.17) is 4.74 Å². The van der Waals surface area contributed by atoms with Gasteiger partial charge in [-0.1, -0.05) is 50.2 Å². The third kappa shape index (κ3) is 4.52. The van der Waals surface area contributed by atoms with Crippen LogP contribution in [0.5, 0.6) is 0 Å². The van der Waals surface area contributed by atoms with Crippen molar-refractivity contribution >= 4 is 22.8 Å². The SMILES string of the molecule is CC(C)[C@H](NC(=O)c1ccccc1F)C(=O)OCc1ccc2ccccc2n1. The first-order valence-electron chi connectivity index (χ1n) is 9.02. The van der Waals surface area contributed by atoms with Gasteiger partial charge in [-0.3, -0.25) is 4.79 Å². The summed E-state index contributed by atoms with van der Waals surface area (Å²) in [5.41, 5.74) is 1.30. The van der Waals surface area contributed by atoms with E-state index in [1.807, 2.05) is 30.3 Å². The van der Waals surface area contributed by atoms with Crippen molar-refractivity contribution in [1.82, 2.24) is 10.3 Å². The van der Waals surface area contributed by atoms with E-state index >= 15 is 0 Å². The second-order valence-electron chi connectivity index (χ2n) is 6.78. The summed E-state index contributed by atoms with van der Waals surface area (Å²) in [6.07, 6.45) is 0. The number of nitrogens with zero attached hydrogens (tertiary/aromatic N) is 1. The largest absolute Gasteiger partial charge is 0.458 e. The Bertz CT molecular complexity index is 1000. The van der Waals surface area contributed by atoms with Crippen molar-refractivity contribution in [3.63, 3.8) is 0 Å². The number of benzene rings is 2. The maximum absolute atomic E-state index is 13.8. The van der Waals surface area contributed by atoms with Gasteiger partial charge in [0.2, 0.25) is 0 Å². The molecule has 0 saturated carbocycles. The monoisotopic (exact) mass is 380 g/mol. The minimum absolute atomic E-state index is 0.0115. The summed E-state index contributed by atoms with van der Waals surface area (Å²) in [4.78, 5) is 29.3. The highest BCUT2D eigenvalue weighted by Gasteiger charge is 2.27. The van der Waals surface area contributed by atoms with Gasteiger partial charge in [-0.05, 0) is 30.2 Å². The number of hydrogen-bond donors (Lipinski definition) is 1. The molecule has 28 heavy (non-hydrogen) atoms. The average Bonchev–Trinajstić information content (AvgIpc) is 2.70. The number of rotatable bonds is 6. The first-order valence-corrected chi connectivity index (χ1v) is 9.02. The molecule has 0 fully saturated rings. The predicted molar refractivity (Wildman–Crippen MR) is 104 cm³/mol. The lowest BCUT2D eigenvalue weighted by molar-refractivity contribution is -0.148. The minimum Gasteiger partial charge on any atom is -0.458 e. The van der Waals surface area contributed by atoms with Crippen LogP contribution in [0.4, 0.5) is 4.39 Å². The molecule has 1 heterocycles. The molecule has 0 unspecified atom stereocenters. The zero-order valence-corrected chi connectivity index (χ0v) is 15.7. The van der Waals surface area contributed by atoms with Crippen LogP contribution in [-0.2, 0) is 16.1 Å². The topological polar surface area (TPSA) is 68.3 Å². The van der Waals surface area contributed by atoms with Gasteiger partial charge >= 0.3 is 5.97 Å². The Labute approximate surface area is 162 Å². The number of halogens is 1. The molecule has 0 spiro atoms. The molecule has 0 aliphatic carbocycles. The molecule has 0 bridgehead atoms. The Morgan fingerprint density at radius 2 is 1.75 bits per heavy atom. The van der Waals surface area contributed by atoms with Crippen LogP contribution in [0, 0.1) is 11.7 Å². The molecule has 6 heteroatoms. The molecule has 5 nitrogen and oxygen atoms in total. The average molecular weight is 380 g/mol. The number of esters is 1. The number of aromatic nitrogens is 1. The van der Waals surface area contributed by atoms with E-state index in [0.717, 1.165) is 10.9 Å². The van der Waals surface area contributed by atoms with E-state index in [2.05, 4.69) is 10.3 Å². The second kappa shape index (κ2) is 8.61. The fourth-order valence-corrected chi connectivity index (χ4v) is 2.79. The predicted octanol–water partition coefficient (Wildman–Crippen LogP) is 3.87. The van der Waals surface area contributed by atoms with Crippen LogP contribution in [0.1, 0.15) is 29.9 Å². The molecule has 1 N–H and O–H groups in total. The fraction of sp³-hybridized carbons (Fsp3) is 0.227. The van der Waals surface area contributed by atoms with Crippen molar-refractivity contribution in [3.05, 3.63) is 77.7 Å². The summed E-state index contributed by atoms with van der Waals surface area (Å²) in [5.74, 6) is -2.11. The Balaban J connectivity index is 1.67. The molecule has 3 rings (SSSR count). The highest BCUT2D eigenvalue weighted by atomic mass is 19.1. The molecule has 2 aromatic carbocycles. The van der Waals surface area contributed by atoms with Crippen LogP contribution in [0.2, 0.25) is 0 Å². The van der Waals surface area contributed by atoms with E-state index in [9.17, 15) is 14.0 Å². The summed E-state index contributed by atoms with van der Waals surface area (Å²) in [5, 5.41) is 3.56. The zero-order valence-electron chi connectivity index (χ0n) is 15.7. The molecule has 1 aromatic heterocycles. The highest BCUT2D eigenvalue weighted by molar-refractivity contribution is 5.97. The van der Waals surface area contributed by atoms with E-state index in [1.54, 1.807) is 26.0 Å². The second-order valence-corrected chi connectivity index (χ2v) is 6.78. The zero-order chi connectivity index (χ0) is 20.1. The van der Waals surface area contributed by atoms with Gasteiger partial charge in [0.25, 0.3) is 5.91 Å². The van der Waals surface area contributed by atoms with Gasteiger partial charge in [0.1, 0.15) is 18.5 Å². The third-order valence-corrected chi connectivity index (χ3v) is 4.34. The van der Waals surface area contributed by atoms with Crippen LogP contribution < -0.4 is 5.32 Å². The van der Waals surface area contributed by atoms with Crippen molar-refractivity contribution in [1.29, 1.82) is 0 Å². The fourth-order valence-electron chi connectivity index (χ4n) is 2.79. The summed E-state index contributed by atoms with van der Waals surface area (Å²) < 4.78 is 19.2. The molecule has 144 valence electrons. The lowest BCUT2D eigenvalue weighted by atomic mass is 10.0. The molecule has 0 radical (unpaired) electrons. The number of pyridine rings is 1. The minimum atomic E-state index is -0.896. The number of nitrogens with one attached hydrogen (secondary N) is 1. The standard InChI is InChI=1S/C22H21FN2O3/c1-14(2)20(25-21(26)17-8-4-5-9-18(17)23)22(27)28-13-16-12-11-15-7-3-6-10-19(15)24-16/h3-12,14,20H,13H2,1-2H3,(H,25,26)/t20-/m0/s1. The van der Waals surface area contributed by atoms with Crippen molar-refractivity contribution in [2.24, 2.45) is 5.92 Å². The molecule has 1 amide bonds. The van der Waals surface area contributed by atoms with Crippen LogP contribution in [0.3, 0.4) is 0 Å². The van der Waals surface area contributed by atoms with Gasteiger partial charge in [0.15, 0.2) is 0 Å². The van der Waals surface area contributed by atoms with E-state index in [-0.39, 0.29) is 18.1 Å². The summed E-state index contributed by atoms with van der Waals surface area (Å²) in [7, 11) is 0. The van der Waals surface area contributed by atoms with Gasteiger partial charge in [-0.25, -0.2) is 14.2 Å². The Hall–Kier alpha value is -3.28. The lowest BCUT2D eigenvalue weighted by Crippen LogP contribution is -2.45. The maximum atomic E-state index is 13.8. The van der Waals surface area contributed by atoms with Gasteiger partial charge in [-0.2, -0.15) is 0 Å². The van der Waals surface area contributed by atoms with Gasteiger partial charge < -0.3 is 10.1 Å². The molecule has 1 atom stereocenters. The van der Waals surface area contributed by atoms with Crippen molar-refractivity contribution in [3.8, 4) is 0 Å². The molecular formula is C22H21FN2O3. The Morgan fingerprint density at radius 3 is 2.50 bits per heavy atom. The number of amides is 1. The van der Waals surface area contributed by atoms with Gasteiger partial charge in [0.05, 0.1) is 16.8 Å². The van der Waals surface area contributed by atoms with E-state index in [1.165, 1.54) is 18.2 Å². The number of carbonyl (C=O) groups excluding carboxylic acids is 2. The molecule has 0 aliphatic rings. The smallest absolute Gasteiger partial charge is 0.329 e. The highest BCUT2D eigenvalue weighted by Crippen LogP contribution is 2.14. The van der Waals surface area contributed by atoms with Crippen LogP contribution in [-0.4, -0.2) is 22.9 Å². The number of ether oxygens (including phenoxy) is 1. The third-order valence-electron chi connectivity index (χ3n) is 4.34. The van der Waals surface area contributed by atoms with Crippen molar-refractivity contribution in [2.75, 3.05) is 0 Å². The van der Waals surface area contributed by atoms with E-state index in [0.29, 0.717) is 5.69 Å². The molecular weight excluding hydrogens is 359 g/mol. The van der Waals surface area contributed by atoms with E-state index < -0.39 is 23.7 Å². The first-order chi connectivity index (χ1) is 13.5. The number of carbonyl (C=O) groups is 2. The number of fused-ring (bicyclic) bond motifs is 1. The molecule has 0 saturated heterocycles. The quantitative estimate of drug-likeness (QED) is 0.659. The van der Waals surface area contributed by atoms with Gasteiger partial charge in [0, 0.05) is 5.39 Å². The summed E-state index contributed by atoms with van der Waals surface area (Å²) in [6.45, 7) is 3.55. The number of para-hydroxylation sites is 1. The Morgan fingerprint density at radius 1 is 1.04 bits per heavy atom. The molecule has 0 aliphatic heterocycles. The summed E-state index contributed by atoms with van der Waals surface area (Å²) >= 11 is 0. The number of hydrogen-bond acceptors (Lipinski definition) is 4. The van der Waals surface area contributed by atoms with Crippen LogP contribution in [0.15, 0.2) is 60.7 Å². The molecule has 3 aromatic rings. The van der Waals surface area contributed by atoms with Gasteiger partial charge in [-0.15, -0.1) is 0 Å². The van der Waals surface area contributed by atoms with Crippen molar-refractivity contribution < 1.29 is 18.7 Å². The normalized spacial score (nSPS) is 12.0. The lowest BCUT2D eigenvalue weighted by Gasteiger charge is -2.21. The van der Waals surface area contributed by atoms with Crippen LogP contribution in [0.25, 0.3) is 10.9 Å². The Kier molecular flexibility index (Phi) is 5.99.